The summed E-state index contributed by atoms with van der Waals surface area (Å²) in [6, 6.07) is 0. The van der Waals surface area contributed by atoms with E-state index in [1.165, 1.54) is 11.8 Å². The lowest BCUT2D eigenvalue weighted by atomic mass is 10.1. The molecule has 0 radical (unpaired) electrons. The Hall–Kier alpha value is -1.35. The van der Waals surface area contributed by atoms with E-state index in [9.17, 15) is 14.4 Å². The number of hydrogen-bond acceptors (Lipinski definition) is 7. The van der Waals surface area contributed by atoms with Gasteiger partial charge in [-0.05, 0) is 6.92 Å². The molecule has 1 fully saturated rings. The van der Waals surface area contributed by atoms with Gasteiger partial charge in [-0.2, -0.15) is 0 Å². The van der Waals surface area contributed by atoms with Crippen LogP contribution in [0.3, 0.4) is 0 Å². The van der Waals surface area contributed by atoms with Crippen molar-refractivity contribution in [2.24, 2.45) is 5.92 Å². The van der Waals surface area contributed by atoms with Crippen molar-refractivity contribution in [1.82, 2.24) is 4.90 Å². The Balaban J connectivity index is 1.81. The molecule has 0 aromatic rings. The van der Waals surface area contributed by atoms with Crippen LogP contribution in [0.4, 0.5) is 0 Å². The van der Waals surface area contributed by atoms with E-state index in [1.54, 1.807) is 6.92 Å². The lowest BCUT2D eigenvalue weighted by Gasteiger charge is -2.14. The third-order valence-electron chi connectivity index (χ3n) is 3.64. The Kier molecular flexibility index (Phi) is 11.2. The fraction of sp³-hybridized carbons (Fsp3) is 0.824. The van der Waals surface area contributed by atoms with Crippen molar-refractivity contribution in [2.75, 3.05) is 59.4 Å². The molecule has 0 bridgehead atoms. The number of amides is 2. The number of Topliss-reactive ketones (excluding diaryl/α,β-unsaturated/α-hetero) is 1. The molecule has 2 amide bonds. The van der Waals surface area contributed by atoms with E-state index in [-0.39, 0.29) is 23.5 Å². The molecule has 0 saturated carbocycles. The molecule has 1 rings (SSSR count). The van der Waals surface area contributed by atoms with Crippen LogP contribution in [0.5, 0.6) is 0 Å². The average Bonchev–Trinajstić information content (AvgIpc) is 2.80. The van der Waals surface area contributed by atoms with Crippen molar-refractivity contribution in [1.29, 1.82) is 0 Å². The highest BCUT2D eigenvalue weighted by atomic mass is 16.6. The molecular formula is C17H29NO7. The quantitative estimate of drug-likeness (QED) is 0.309. The molecule has 144 valence electrons. The standard InChI is InChI=1S/C17H29NO7/c1-14-13-16(20)18(17(14)21)4-6-23-8-10-25-12-11-24-9-7-22-5-3-15(2)19/h14H,3-13H2,1-2H3. The van der Waals surface area contributed by atoms with Gasteiger partial charge >= 0.3 is 0 Å². The summed E-state index contributed by atoms with van der Waals surface area (Å²) in [5.41, 5.74) is 0. The Morgan fingerprint density at radius 3 is 1.84 bits per heavy atom. The summed E-state index contributed by atoms with van der Waals surface area (Å²) in [6.45, 7) is 7.02. The Bertz CT molecular complexity index is 427. The Labute approximate surface area is 148 Å². The topological polar surface area (TPSA) is 91.4 Å². The molecule has 0 N–H and O–H groups in total. The lowest BCUT2D eigenvalue weighted by molar-refractivity contribution is -0.140. The second-order valence-corrected chi connectivity index (χ2v) is 5.89. The van der Waals surface area contributed by atoms with Crippen LogP contribution < -0.4 is 0 Å². The number of carbonyl (C=O) groups is 3. The van der Waals surface area contributed by atoms with Crippen LogP contribution in [-0.4, -0.2) is 81.9 Å². The molecule has 1 unspecified atom stereocenters. The van der Waals surface area contributed by atoms with Gasteiger partial charge < -0.3 is 18.9 Å². The molecule has 0 spiro atoms. The van der Waals surface area contributed by atoms with Gasteiger partial charge in [0.05, 0.1) is 59.4 Å². The third-order valence-corrected chi connectivity index (χ3v) is 3.64. The van der Waals surface area contributed by atoms with Gasteiger partial charge in [-0.25, -0.2) is 0 Å². The molecule has 1 aliphatic rings. The minimum absolute atomic E-state index is 0.115. The van der Waals surface area contributed by atoms with Crippen LogP contribution in [0.15, 0.2) is 0 Å². The normalized spacial score (nSPS) is 17.5. The van der Waals surface area contributed by atoms with Crippen LogP contribution in [0.25, 0.3) is 0 Å². The van der Waals surface area contributed by atoms with E-state index in [4.69, 9.17) is 18.9 Å². The van der Waals surface area contributed by atoms with Gasteiger partial charge in [-0.15, -0.1) is 0 Å². The maximum absolute atomic E-state index is 11.7. The molecule has 1 heterocycles. The van der Waals surface area contributed by atoms with Gasteiger partial charge in [-0.1, -0.05) is 6.92 Å². The number of rotatable bonds is 15. The molecule has 8 heteroatoms. The zero-order chi connectivity index (χ0) is 18.5. The number of likely N-dealkylation sites (tertiary alicyclic amines) is 1. The first-order valence-corrected chi connectivity index (χ1v) is 8.67. The first-order valence-electron chi connectivity index (χ1n) is 8.67. The van der Waals surface area contributed by atoms with Crippen molar-refractivity contribution in [3.05, 3.63) is 0 Å². The van der Waals surface area contributed by atoms with Gasteiger partial charge in [-0.3, -0.25) is 19.3 Å². The molecular weight excluding hydrogens is 330 g/mol. The van der Waals surface area contributed by atoms with Gasteiger partial charge in [0.2, 0.25) is 11.8 Å². The van der Waals surface area contributed by atoms with Gasteiger partial charge in [0.1, 0.15) is 5.78 Å². The largest absolute Gasteiger partial charge is 0.379 e. The highest BCUT2D eigenvalue weighted by Gasteiger charge is 2.34. The zero-order valence-corrected chi connectivity index (χ0v) is 15.2. The zero-order valence-electron chi connectivity index (χ0n) is 15.2. The van der Waals surface area contributed by atoms with Gasteiger partial charge in [0.25, 0.3) is 0 Å². The van der Waals surface area contributed by atoms with Crippen LogP contribution in [0.1, 0.15) is 26.7 Å². The van der Waals surface area contributed by atoms with E-state index >= 15 is 0 Å². The minimum Gasteiger partial charge on any atom is -0.379 e. The second-order valence-electron chi connectivity index (χ2n) is 5.89. The smallest absolute Gasteiger partial charge is 0.232 e. The number of hydrogen-bond donors (Lipinski definition) is 0. The van der Waals surface area contributed by atoms with Crippen LogP contribution in [0, 0.1) is 5.92 Å². The summed E-state index contributed by atoms with van der Waals surface area (Å²) in [5.74, 6) is -0.341. The molecule has 1 saturated heterocycles. The van der Waals surface area contributed by atoms with Crippen LogP contribution in [0.2, 0.25) is 0 Å². The first-order chi connectivity index (χ1) is 12.0. The highest BCUT2D eigenvalue weighted by Crippen LogP contribution is 2.17. The first kappa shape index (κ1) is 21.7. The van der Waals surface area contributed by atoms with Crippen molar-refractivity contribution in [3.63, 3.8) is 0 Å². The summed E-state index contributed by atoms with van der Waals surface area (Å²) in [6.07, 6.45) is 0.728. The number of ether oxygens (including phenoxy) is 4. The van der Waals surface area contributed by atoms with Crippen molar-refractivity contribution in [3.8, 4) is 0 Å². The summed E-state index contributed by atoms with van der Waals surface area (Å²) in [7, 11) is 0. The van der Waals surface area contributed by atoms with Crippen LogP contribution >= 0.6 is 0 Å². The number of carbonyl (C=O) groups excluding carboxylic acids is 3. The number of nitrogens with zero attached hydrogens (tertiary/aromatic N) is 1. The summed E-state index contributed by atoms with van der Waals surface area (Å²) in [4.78, 5) is 35.2. The monoisotopic (exact) mass is 359 g/mol. The summed E-state index contributed by atoms with van der Waals surface area (Å²) >= 11 is 0. The van der Waals surface area contributed by atoms with E-state index in [2.05, 4.69) is 0 Å². The van der Waals surface area contributed by atoms with Crippen molar-refractivity contribution >= 4 is 17.6 Å². The predicted molar refractivity (Wildman–Crippen MR) is 89.1 cm³/mol. The van der Waals surface area contributed by atoms with E-state index in [1.807, 2.05) is 0 Å². The van der Waals surface area contributed by atoms with E-state index < -0.39 is 0 Å². The lowest BCUT2D eigenvalue weighted by Crippen LogP contribution is -2.33. The fourth-order valence-corrected chi connectivity index (χ4v) is 2.22. The minimum atomic E-state index is -0.213. The number of ketones is 1. The van der Waals surface area contributed by atoms with E-state index in [0.29, 0.717) is 72.2 Å². The maximum Gasteiger partial charge on any atom is 0.232 e. The Morgan fingerprint density at radius 1 is 0.920 bits per heavy atom. The average molecular weight is 359 g/mol. The molecule has 8 nitrogen and oxygen atoms in total. The summed E-state index contributed by atoms with van der Waals surface area (Å²) in [5, 5.41) is 0. The van der Waals surface area contributed by atoms with Crippen molar-refractivity contribution < 1.29 is 33.3 Å². The molecule has 25 heavy (non-hydrogen) atoms. The summed E-state index contributed by atoms with van der Waals surface area (Å²) < 4.78 is 21.2. The van der Waals surface area contributed by atoms with Crippen molar-refractivity contribution in [2.45, 2.75) is 26.7 Å². The van der Waals surface area contributed by atoms with Gasteiger partial charge in [0, 0.05) is 18.8 Å². The third kappa shape index (κ3) is 9.64. The molecule has 0 aromatic carbocycles. The highest BCUT2D eigenvalue weighted by molar-refractivity contribution is 6.03. The number of imide groups is 1. The second kappa shape index (κ2) is 12.9. The van der Waals surface area contributed by atoms with E-state index in [0.717, 1.165) is 0 Å². The Morgan fingerprint density at radius 2 is 1.40 bits per heavy atom. The molecule has 1 atom stereocenters. The molecule has 0 aliphatic carbocycles. The van der Waals surface area contributed by atoms with Crippen LogP contribution in [-0.2, 0) is 33.3 Å². The van der Waals surface area contributed by atoms with Gasteiger partial charge in [0.15, 0.2) is 0 Å². The SMILES string of the molecule is CC(=O)CCOCCOCCOCCOCCN1C(=O)CC(C)C1=O. The fourth-order valence-electron chi connectivity index (χ4n) is 2.22. The molecule has 0 aromatic heterocycles. The molecule has 1 aliphatic heterocycles. The predicted octanol–water partition coefficient (Wildman–Crippen LogP) is 0.427. The maximum atomic E-state index is 11.7.